The molecule has 2 heterocycles. The molecule has 0 bridgehead atoms. The second-order valence-corrected chi connectivity index (χ2v) is 6.21. The second-order valence-electron chi connectivity index (χ2n) is 5.82. The summed E-state index contributed by atoms with van der Waals surface area (Å²) in [7, 11) is 3.38. The molecule has 1 fully saturated rings. The number of methoxy groups -OCH3 is 2. The highest BCUT2D eigenvalue weighted by molar-refractivity contribution is 7.71. The summed E-state index contributed by atoms with van der Waals surface area (Å²) in [5.41, 5.74) is 1.82. The van der Waals surface area contributed by atoms with Crippen LogP contribution < -0.4 is 4.74 Å². The third kappa shape index (κ3) is 1.78. The summed E-state index contributed by atoms with van der Waals surface area (Å²) in [5.74, 6) is 0.598. The highest BCUT2D eigenvalue weighted by Gasteiger charge is 2.50. The van der Waals surface area contributed by atoms with Crippen LogP contribution in [0.4, 0.5) is 0 Å². The number of fused-ring (bicyclic) bond motifs is 1. The maximum absolute atomic E-state index is 5.52. The number of aromatic amines is 1. The summed E-state index contributed by atoms with van der Waals surface area (Å²) in [6.45, 7) is 4.41. The lowest BCUT2D eigenvalue weighted by Crippen LogP contribution is -2.51. The van der Waals surface area contributed by atoms with Gasteiger partial charge in [0.1, 0.15) is 0 Å². The summed E-state index contributed by atoms with van der Waals surface area (Å²) < 4.78 is 13.5. The number of hydrogen-bond acceptors (Lipinski definition) is 4. The van der Waals surface area contributed by atoms with Crippen molar-refractivity contribution in [3.05, 3.63) is 16.9 Å². The maximum atomic E-state index is 5.52. The minimum absolute atomic E-state index is 0.0346. The third-order valence-electron chi connectivity index (χ3n) is 4.47. The van der Waals surface area contributed by atoms with Crippen molar-refractivity contribution in [2.75, 3.05) is 14.2 Å². The van der Waals surface area contributed by atoms with Crippen LogP contribution in [-0.2, 0) is 4.74 Å². The van der Waals surface area contributed by atoms with Crippen LogP contribution >= 0.6 is 12.2 Å². The zero-order chi connectivity index (χ0) is 14.5. The van der Waals surface area contributed by atoms with E-state index in [0.717, 1.165) is 17.6 Å². The first-order valence-electron chi connectivity index (χ1n) is 6.67. The molecule has 2 aromatic heterocycles. The quantitative estimate of drug-likeness (QED) is 0.884. The Morgan fingerprint density at radius 1 is 1.40 bits per heavy atom. The van der Waals surface area contributed by atoms with Gasteiger partial charge in [-0.2, -0.15) is 4.98 Å². The minimum atomic E-state index is 0.0346. The monoisotopic (exact) mass is 293 g/mol. The molecule has 1 saturated carbocycles. The first kappa shape index (κ1) is 13.6. The molecule has 6 heteroatoms. The van der Waals surface area contributed by atoms with E-state index in [1.807, 2.05) is 12.1 Å². The van der Waals surface area contributed by atoms with Gasteiger partial charge in [-0.15, -0.1) is 0 Å². The molecule has 2 unspecified atom stereocenters. The molecule has 1 aliphatic carbocycles. The SMILES string of the molecule is COc1ccc2[nH]c(=S)n(C3CC(OC)C3(C)C)c2n1. The van der Waals surface area contributed by atoms with Gasteiger partial charge in [0.05, 0.1) is 18.7 Å². The first-order chi connectivity index (χ1) is 9.48. The van der Waals surface area contributed by atoms with E-state index in [9.17, 15) is 0 Å². The average Bonchev–Trinajstić information content (AvgIpc) is 2.74. The molecule has 0 aromatic carbocycles. The largest absolute Gasteiger partial charge is 0.481 e. The van der Waals surface area contributed by atoms with Crippen LogP contribution in [0, 0.1) is 10.2 Å². The molecule has 0 spiro atoms. The number of nitrogens with one attached hydrogen (secondary N) is 1. The van der Waals surface area contributed by atoms with Gasteiger partial charge in [0.2, 0.25) is 5.88 Å². The molecule has 20 heavy (non-hydrogen) atoms. The Kier molecular flexibility index (Phi) is 3.10. The number of imidazole rings is 1. The Morgan fingerprint density at radius 2 is 2.15 bits per heavy atom. The maximum Gasteiger partial charge on any atom is 0.215 e. The molecule has 0 radical (unpaired) electrons. The van der Waals surface area contributed by atoms with Gasteiger partial charge in [0.15, 0.2) is 10.4 Å². The van der Waals surface area contributed by atoms with Gasteiger partial charge in [0.25, 0.3) is 0 Å². The molecule has 1 aliphatic rings. The molecular weight excluding hydrogens is 274 g/mol. The summed E-state index contributed by atoms with van der Waals surface area (Å²) >= 11 is 5.47. The van der Waals surface area contributed by atoms with E-state index in [4.69, 9.17) is 21.7 Å². The number of rotatable bonds is 3. The molecule has 0 aliphatic heterocycles. The molecule has 3 rings (SSSR count). The number of H-pyrrole nitrogens is 1. The normalized spacial score (nSPS) is 24.6. The van der Waals surface area contributed by atoms with E-state index >= 15 is 0 Å². The predicted octanol–water partition coefficient (Wildman–Crippen LogP) is 3.09. The summed E-state index contributed by atoms with van der Waals surface area (Å²) in [6, 6.07) is 4.07. The van der Waals surface area contributed by atoms with E-state index in [-0.39, 0.29) is 17.6 Å². The van der Waals surface area contributed by atoms with Crippen molar-refractivity contribution in [2.24, 2.45) is 5.41 Å². The zero-order valence-corrected chi connectivity index (χ0v) is 13.0. The van der Waals surface area contributed by atoms with E-state index in [0.29, 0.717) is 10.7 Å². The average molecular weight is 293 g/mol. The van der Waals surface area contributed by atoms with Crippen molar-refractivity contribution in [1.82, 2.24) is 14.5 Å². The standard InChI is InChI=1S/C14H19N3O2S/c1-14(2)9(7-10(14)18-3)17-12-8(15-13(17)20)5-6-11(16-12)19-4/h5-6,9-10H,7H2,1-4H3,(H,15,20). The topological polar surface area (TPSA) is 52.1 Å². The number of hydrogen-bond donors (Lipinski definition) is 1. The van der Waals surface area contributed by atoms with Gasteiger partial charge < -0.3 is 14.5 Å². The number of ether oxygens (including phenoxy) is 2. The predicted molar refractivity (Wildman–Crippen MR) is 79.7 cm³/mol. The lowest BCUT2D eigenvalue weighted by Gasteiger charge is -2.51. The van der Waals surface area contributed by atoms with Gasteiger partial charge in [-0.05, 0) is 24.7 Å². The third-order valence-corrected chi connectivity index (χ3v) is 4.77. The van der Waals surface area contributed by atoms with Crippen LogP contribution in [0.5, 0.6) is 5.88 Å². The summed E-state index contributed by atoms with van der Waals surface area (Å²) in [5, 5.41) is 0. The van der Waals surface area contributed by atoms with Crippen molar-refractivity contribution in [1.29, 1.82) is 0 Å². The number of nitrogens with zero attached hydrogens (tertiary/aromatic N) is 2. The van der Waals surface area contributed by atoms with E-state index < -0.39 is 0 Å². The van der Waals surface area contributed by atoms with Crippen molar-refractivity contribution in [3.8, 4) is 5.88 Å². The van der Waals surface area contributed by atoms with E-state index in [1.54, 1.807) is 14.2 Å². The molecular formula is C14H19N3O2S. The van der Waals surface area contributed by atoms with Crippen molar-refractivity contribution >= 4 is 23.4 Å². The molecule has 2 atom stereocenters. The Balaban J connectivity index is 2.12. The van der Waals surface area contributed by atoms with Crippen molar-refractivity contribution in [3.63, 3.8) is 0 Å². The van der Waals surface area contributed by atoms with Crippen LogP contribution in [0.3, 0.4) is 0 Å². The Bertz CT molecular complexity index is 704. The van der Waals surface area contributed by atoms with E-state index in [1.165, 1.54) is 0 Å². The molecule has 1 N–H and O–H groups in total. The molecule has 5 nitrogen and oxygen atoms in total. The van der Waals surface area contributed by atoms with Crippen LogP contribution in [0.2, 0.25) is 0 Å². The van der Waals surface area contributed by atoms with Gasteiger partial charge in [-0.3, -0.25) is 4.57 Å². The number of pyridine rings is 1. The van der Waals surface area contributed by atoms with Crippen LogP contribution in [0.25, 0.3) is 11.2 Å². The highest BCUT2D eigenvalue weighted by atomic mass is 32.1. The van der Waals surface area contributed by atoms with Gasteiger partial charge in [0, 0.05) is 24.6 Å². The zero-order valence-electron chi connectivity index (χ0n) is 12.1. The lowest BCUT2D eigenvalue weighted by molar-refractivity contribution is -0.112. The second kappa shape index (κ2) is 4.56. The minimum Gasteiger partial charge on any atom is -0.481 e. The van der Waals surface area contributed by atoms with Crippen molar-refractivity contribution < 1.29 is 9.47 Å². The van der Waals surface area contributed by atoms with Crippen LogP contribution in [-0.4, -0.2) is 34.9 Å². The Hall–Kier alpha value is -1.40. The molecule has 2 aromatic rings. The van der Waals surface area contributed by atoms with E-state index in [2.05, 4.69) is 28.4 Å². The Morgan fingerprint density at radius 3 is 2.75 bits per heavy atom. The fourth-order valence-corrected chi connectivity index (χ4v) is 3.41. The van der Waals surface area contributed by atoms with Crippen molar-refractivity contribution in [2.45, 2.75) is 32.4 Å². The summed E-state index contributed by atoms with van der Waals surface area (Å²) in [4.78, 5) is 7.75. The first-order valence-corrected chi connectivity index (χ1v) is 7.08. The van der Waals surface area contributed by atoms with Gasteiger partial charge in [-0.25, -0.2) is 0 Å². The number of aromatic nitrogens is 3. The molecule has 0 saturated heterocycles. The summed E-state index contributed by atoms with van der Waals surface area (Å²) in [6.07, 6.45) is 1.20. The smallest absolute Gasteiger partial charge is 0.215 e. The highest BCUT2D eigenvalue weighted by Crippen LogP contribution is 2.51. The fourth-order valence-electron chi connectivity index (χ4n) is 3.09. The Labute approximate surface area is 122 Å². The van der Waals surface area contributed by atoms with Crippen LogP contribution in [0.1, 0.15) is 26.3 Å². The van der Waals surface area contributed by atoms with Gasteiger partial charge in [-0.1, -0.05) is 13.8 Å². The van der Waals surface area contributed by atoms with Crippen LogP contribution in [0.15, 0.2) is 12.1 Å². The lowest BCUT2D eigenvalue weighted by atomic mass is 9.64. The van der Waals surface area contributed by atoms with Gasteiger partial charge >= 0.3 is 0 Å². The molecule has 0 amide bonds. The molecule has 108 valence electrons. The fraction of sp³-hybridized carbons (Fsp3) is 0.571.